The second-order valence-corrected chi connectivity index (χ2v) is 9.87. The highest BCUT2D eigenvalue weighted by Crippen LogP contribution is 2.44. The van der Waals surface area contributed by atoms with E-state index in [0.29, 0.717) is 12.8 Å². The Labute approximate surface area is 199 Å². The molecule has 2 aliphatic carbocycles. The van der Waals surface area contributed by atoms with Gasteiger partial charge in [-0.25, -0.2) is 4.79 Å². The fraction of sp³-hybridized carbons (Fsp3) is 0.444. The lowest BCUT2D eigenvalue weighted by Gasteiger charge is -2.32. The molecule has 2 amide bonds. The summed E-state index contributed by atoms with van der Waals surface area (Å²) >= 11 is 0. The van der Waals surface area contributed by atoms with E-state index < -0.39 is 23.4 Å². The second-order valence-electron chi connectivity index (χ2n) is 9.87. The molecule has 180 valence electrons. The Morgan fingerprint density at radius 3 is 2.18 bits per heavy atom. The summed E-state index contributed by atoms with van der Waals surface area (Å²) in [6.45, 7) is 3.40. The van der Waals surface area contributed by atoms with Gasteiger partial charge < -0.3 is 20.5 Å². The van der Waals surface area contributed by atoms with Gasteiger partial charge in [0.2, 0.25) is 5.91 Å². The number of amides is 2. The van der Waals surface area contributed by atoms with Crippen LogP contribution in [0, 0.1) is 11.3 Å². The number of carboxylic acids is 1. The molecule has 7 nitrogen and oxygen atoms in total. The Balaban J connectivity index is 1.37. The zero-order valence-corrected chi connectivity index (χ0v) is 19.7. The summed E-state index contributed by atoms with van der Waals surface area (Å²) in [7, 11) is 0. The molecule has 2 aromatic carbocycles. The van der Waals surface area contributed by atoms with Crippen molar-refractivity contribution in [2.45, 2.75) is 51.5 Å². The third-order valence-corrected chi connectivity index (χ3v) is 7.03. The van der Waals surface area contributed by atoms with E-state index in [2.05, 4.69) is 34.9 Å². The van der Waals surface area contributed by atoms with Crippen LogP contribution in [0.4, 0.5) is 4.79 Å². The number of alkyl carbamates (subject to hydrolysis) is 1. The first-order valence-electron chi connectivity index (χ1n) is 11.9. The SMILES string of the molecule is CC(C)(CNC(=O)C1CCCCC1NC(=O)OCC1c2ccccc2-c2ccccc21)C(=O)O. The van der Waals surface area contributed by atoms with Gasteiger partial charge in [-0.15, -0.1) is 0 Å². The maximum Gasteiger partial charge on any atom is 0.407 e. The normalized spacial score (nSPS) is 19.6. The number of fused-ring (bicyclic) bond motifs is 3. The molecule has 7 heteroatoms. The highest BCUT2D eigenvalue weighted by atomic mass is 16.5. The largest absolute Gasteiger partial charge is 0.481 e. The quantitative estimate of drug-likeness (QED) is 0.566. The summed E-state index contributed by atoms with van der Waals surface area (Å²) in [6, 6.07) is 16.0. The minimum atomic E-state index is -1.06. The molecular formula is C27H32N2O5. The molecule has 1 fully saturated rings. The second kappa shape index (κ2) is 9.87. The van der Waals surface area contributed by atoms with Crippen LogP contribution in [-0.4, -0.2) is 42.3 Å². The van der Waals surface area contributed by atoms with Crippen molar-refractivity contribution in [1.82, 2.24) is 10.6 Å². The van der Waals surface area contributed by atoms with Gasteiger partial charge >= 0.3 is 12.1 Å². The van der Waals surface area contributed by atoms with Crippen LogP contribution in [0.3, 0.4) is 0 Å². The van der Waals surface area contributed by atoms with Crippen molar-refractivity contribution < 1.29 is 24.2 Å². The molecule has 2 aliphatic rings. The molecule has 2 atom stereocenters. The maximum atomic E-state index is 12.8. The Morgan fingerprint density at radius 1 is 0.971 bits per heavy atom. The van der Waals surface area contributed by atoms with Crippen molar-refractivity contribution in [3.8, 4) is 11.1 Å². The highest BCUT2D eigenvalue weighted by molar-refractivity contribution is 5.82. The number of aliphatic carboxylic acids is 1. The molecule has 0 aliphatic heterocycles. The average Bonchev–Trinajstić information content (AvgIpc) is 3.15. The highest BCUT2D eigenvalue weighted by Gasteiger charge is 2.35. The fourth-order valence-corrected chi connectivity index (χ4v) is 4.92. The van der Waals surface area contributed by atoms with Crippen LogP contribution in [0.2, 0.25) is 0 Å². The number of carbonyl (C=O) groups is 3. The topological polar surface area (TPSA) is 105 Å². The van der Waals surface area contributed by atoms with Gasteiger partial charge in [0.1, 0.15) is 6.61 Å². The molecule has 0 bridgehead atoms. The number of carbonyl (C=O) groups excluding carboxylic acids is 2. The van der Waals surface area contributed by atoms with Crippen LogP contribution < -0.4 is 10.6 Å². The summed E-state index contributed by atoms with van der Waals surface area (Å²) in [5.74, 6) is -1.62. The molecule has 4 rings (SSSR count). The number of benzene rings is 2. The van der Waals surface area contributed by atoms with E-state index in [0.717, 1.165) is 24.0 Å². The van der Waals surface area contributed by atoms with E-state index in [-0.39, 0.29) is 31.0 Å². The van der Waals surface area contributed by atoms with Gasteiger partial charge in [0.15, 0.2) is 0 Å². The van der Waals surface area contributed by atoms with Crippen LogP contribution in [0.15, 0.2) is 48.5 Å². The third-order valence-electron chi connectivity index (χ3n) is 7.03. The van der Waals surface area contributed by atoms with E-state index in [4.69, 9.17) is 4.74 Å². The molecule has 2 unspecified atom stereocenters. The number of ether oxygens (including phenoxy) is 1. The Bertz CT molecular complexity index is 1030. The number of hydrogen-bond donors (Lipinski definition) is 3. The lowest BCUT2D eigenvalue weighted by molar-refractivity contribution is -0.147. The van der Waals surface area contributed by atoms with Crippen molar-refractivity contribution in [2.75, 3.05) is 13.2 Å². The van der Waals surface area contributed by atoms with E-state index in [1.807, 2.05) is 24.3 Å². The van der Waals surface area contributed by atoms with Crippen molar-refractivity contribution in [2.24, 2.45) is 11.3 Å². The summed E-state index contributed by atoms with van der Waals surface area (Å²) in [5.41, 5.74) is 3.57. The van der Waals surface area contributed by atoms with Crippen molar-refractivity contribution in [3.63, 3.8) is 0 Å². The van der Waals surface area contributed by atoms with Gasteiger partial charge in [-0.3, -0.25) is 9.59 Å². The summed E-state index contributed by atoms with van der Waals surface area (Å²) in [5, 5.41) is 14.9. The van der Waals surface area contributed by atoms with Crippen molar-refractivity contribution in [3.05, 3.63) is 59.7 Å². The molecule has 2 aromatic rings. The summed E-state index contributed by atoms with van der Waals surface area (Å²) < 4.78 is 5.66. The van der Waals surface area contributed by atoms with Gasteiger partial charge in [0, 0.05) is 18.5 Å². The summed E-state index contributed by atoms with van der Waals surface area (Å²) in [4.78, 5) is 36.9. The lowest BCUT2D eigenvalue weighted by atomic mass is 9.83. The van der Waals surface area contributed by atoms with Gasteiger partial charge in [-0.1, -0.05) is 61.4 Å². The van der Waals surface area contributed by atoms with Gasteiger partial charge in [-0.05, 0) is 48.9 Å². The van der Waals surface area contributed by atoms with Crippen LogP contribution in [0.1, 0.15) is 56.6 Å². The number of hydrogen-bond acceptors (Lipinski definition) is 4. The molecule has 0 spiro atoms. The number of carboxylic acid groups (broad SMARTS) is 1. The van der Waals surface area contributed by atoms with Gasteiger partial charge in [-0.2, -0.15) is 0 Å². The first-order valence-corrected chi connectivity index (χ1v) is 11.9. The van der Waals surface area contributed by atoms with E-state index in [9.17, 15) is 19.5 Å². The molecule has 0 saturated heterocycles. The molecule has 34 heavy (non-hydrogen) atoms. The van der Waals surface area contributed by atoms with E-state index in [1.165, 1.54) is 11.1 Å². The minimum Gasteiger partial charge on any atom is -0.481 e. The molecule has 0 aromatic heterocycles. The van der Waals surface area contributed by atoms with Crippen molar-refractivity contribution >= 4 is 18.0 Å². The first kappa shape index (κ1) is 23.8. The molecule has 0 heterocycles. The smallest absolute Gasteiger partial charge is 0.407 e. The third kappa shape index (κ3) is 4.93. The zero-order chi connectivity index (χ0) is 24.3. The standard InChI is InChI=1S/C27H32N2O5/c1-27(2,25(31)32)16-28-24(30)21-13-7-8-14-23(21)29-26(33)34-15-22-19-11-5-3-9-17(19)18-10-4-6-12-20(18)22/h3-6,9-12,21-23H,7-8,13-16H2,1-2H3,(H,28,30)(H,29,33)(H,31,32). The first-order chi connectivity index (χ1) is 16.3. The Hall–Kier alpha value is -3.35. The van der Waals surface area contributed by atoms with Crippen LogP contribution >= 0.6 is 0 Å². The molecule has 3 N–H and O–H groups in total. The van der Waals surface area contributed by atoms with Gasteiger partial charge in [0.05, 0.1) is 11.3 Å². The summed E-state index contributed by atoms with van der Waals surface area (Å²) in [6.07, 6.45) is 2.61. The number of nitrogens with one attached hydrogen (secondary N) is 2. The van der Waals surface area contributed by atoms with Crippen LogP contribution in [0.25, 0.3) is 11.1 Å². The van der Waals surface area contributed by atoms with Crippen LogP contribution in [-0.2, 0) is 14.3 Å². The van der Waals surface area contributed by atoms with Crippen LogP contribution in [0.5, 0.6) is 0 Å². The predicted molar refractivity (Wildman–Crippen MR) is 128 cm³/mol. The fourth-order valence-electron chi connectivity index (χ4n) is 4.92. The lowest BCUT2D eigenvalue weighted by Crippen LogP contribution is -2.50. The molecule has 1 saturated carbocycles. The number of rotatable bonds is 7. The zero-order valence-electron chi connectivity index (χ0n) is 19.7. The molecular weight excluding hydrogens is 432 g/mol. The van der Waals surface area contributed by atoms with E-state index in [1.54, 1.807) is 13.8 Å². The predicted octanol–water partition coefficient (Wildman–Crippen LogP) is 4.31. The minimum absolute atomic E-state index is 0.0261. The Kier molecular flexibility index (Phi) is 6.91. The van der Waals surface area contributed by atoms with E-state index >= 15 is 0 Å². The van der Waals surface area contributed by atoms with Gasteiger partial charge in [0.25, 0.3) is 0 Å². The monoisotopic (exact) mass is 464 g/mol. The Morgan fingerprint density at radius 2 is 1.56 bits per heavy atom. The maximum absolute atomic E-state index is 12.8. The molecule has 0 radical (unpaired) electrons. The average molecular weight is 465 g/mol. The van der Waals surface area contributed by atoms with Crippen molar-refractivity contribution in [1.29, 1.82) is 0 Å².